The third kappa shape index (κ3) is 2.91. The SMILES string of the molecule is CSC1CCCC(n2cncc2C(N)C(C)C)C1. The van der Waals surface area contributed by atoms with Gasteiger partial charge in [0, 0.05) is 23.5 Å². The van der Waals surface area contributed by atoms with Crippen molar-refractivity contribution in [2.24, 2.45) is 11.7 Å². The lowest BCUT2D eigenvalue weighted by atomic mass is 9.93. The van der Waals surface area contributed by atoms with Gasteiger partial charge in [-0.25, -0.2) is 4.98 Å². The van der Waals surface area contributed by atoms with E-state index in [0.717, 1.165) is 5.25 Å². The summed E-state index contributed by atoms with van der Waals surface area (Å²) in [4.78, 5) is 4.33. The van der Waals surface area contributed by atoms with Gasteiger partial charge in [-0.15, -0.1) is 0 Å². The molecule has 1 fully saturated rings. The van der Waals surface area contributed by atoms with E-state index >= 15 is 0 Å². The fourth-order valence-electron chi connectivity index (χ4n) is 2.81. The van der Waals surface area contributed by atoms with Gasteiger partial charge in [-0.3, -0.25) is 0 Å². The molecule has 3 atom stereocenters. The quantitative estimate of drug-likeness (QED) is 0.909. The molecule has 3 unspecified atom stereocenters. The van der Waals surface area contributed by atoms with Crippen LogP contribution in [0.4, 0.5) is 0 Å². The van der Waals surface area contributed by atoms with Crippen molar-refractivity contribution in [1.29, 1.82) is 0 Å². The minimum absolute atomic E-state index is 0.0992. The number of hydrogen-bond acceptors (Lipinski definition) is 3. The van der Waals surface area contributed by atoms with Crippen molar-refractivity contribution < 1.29 is 0 Å². The Morgan fingerprint density at radius 3 is 2.89 bits per heavy atom. The molecule has 1 aliphatic carbocycles. The van der Waals surface area contributed by atoms with Crippen molar-refractivity contribution in [1.82, 2.24) is 9.55 Å². The minimum Gasteiger partial charge on any atom is -0.330 e. The highest BCUT2D eigenvalue weighted by atomic mass is 32.2. The molecule has 1 heterocycles. The van der Waals surface area contributed by atoms with E-state index in [1.807, 2.05) is 24.3 Å². The molecule has 0 aromatic carbocycles. The van der Waals surface area contributed by atoms with Crippen molar-refractivity contribution >= 4 is 11.8 Å². The van der Waals surface area contributed by atoms with Gasteiger partial charge in [-0.1, -0.05) is 20.3 Å². The standard InChI is InChI=1S/C14H25N3S/c1-10(2)14(15)13-8-16-9-17(13)11-5-4-6-12(7-11)18-3/h8-12,14H,4-7,15H2,1-3H3. The summed E-state index contributed by atoms with van der Waals surface area (Å²) >= 11 is 2.00. The Kier molecular flexibility index (Phi) is 4.73. The van der Waals surface area contributed by atoms with Crippen LogP contribution >= 0.6 is 11.8 Å². The van der Waals surface area contributed by atoms with E-state index in [4.69, 9.17) is 5.73 Å². The van der Waals surface area contributed by atoms with E-state index in [2.05, 4.69) is 29.7 Å². The van der Waals surface area contributed by atoms with Crippen LogP contribution in [0.2, 0.25) is 0 Å². The predicted molar refractivity (Wildman–Crippen MR) is 78.8 cm³/mol. The Balaban J connectivity index is 2.15. The molecule has 18 heavy (non-hydrogen) atoms. The third-order valence-electron chi connectivity index (χ3n) is 4.08. The van der Waals surface area contributed by atoms with Gasteiger partial charge in [-0.2, -0.15) is 11.8 Å². The van der Waals surface area contributed by atoms with Gasteiger partial charge in [0.1, 0.15) is 0 Å². The van der Waals surface area contributed by atoms with Crippen LogP contribution in [-0.4, -0.2) is 21.1 Å². The molecule has 2 rings (SSSR count). The number of rotatable bonds is 4. The number of thioether (sulfide) groups is 1. The fourth-order valence-corrected chi connectivity index (χ4v) is 3.62. The highest BCUT2D eigenvalue weighted by Gasteiger charge is 2.25. The van der Waals surface area contributed by atoms with Crippen LogP contribution in [0.25, 0.3) is 0 Å². The molecule has 2 N–H and O–H groups in total. The second kappa shape index (κ2) is 6.11. The van der Waals surface area contributed by atoms with Crippen LogP contribution in [0.15, 0.2) is 12.5 Å². The zero-order valence-electron chi connectivity index (χ0n) is 11.7. The molecule has 1 saturated carbocycles. The summed E-state index contributed by atoms with van der Waals surface area (Å²) in [6.07, 6.45) is 11.4. The summed E-state index contributed by atoms with van der Waals surface area (Å²) in [5.74, 6) is 0.459. The summed E-state index contributed by atoms with van der Waals surface area (Å²) < 4.78 is 2.34. The van der Waals surface area contributed by atoms with Crippen molar-refractivity contribution in [2.45, 2.75) is 56.9 Å². The number of imidazole rings is 1. The van der Waals surface area contributed by atoms with Gasteiger partial charge in [0.2, 0.25) is 0 Å². The van der Waals surface area contributed by atoms with Crippen LogP contribution in [0.3, 0.4) is 0 Å². The predicted octanol–water partition coefficient (Wildman–Crippen LogP) is 3.39. The van der Waals surface area contributed by atoms with Crippen LogP contribution in [0.1, 0.15) is 57.3 Å². The second-order valence-corrected chi connectivity index (χ2v) is 6.81. The van der Waals surface area contributed by atoms with Crippen LogP contribution < -0.4 is 5.73 Å². The Hall–Kier alpha value is -0.480. The van der Waals surface area contributed by atoms with Gasteiger partial charge < -0.3 is 10.3 Å². The molecule has 0 amide bonds. The molecular formula is C14H25N3S. The van der Waals surface area contributed by atoms with Gasteiger partial charge in [0.15, 0.2) is 0 Å². The number of hydrogen-bond donors (Lipinski definition) is 1. The number of aromatic nitrogens is 2. The summed E-state index contributed by atoms with van der Waals surface area (Å²) in [6.45, 7) is 4.35. The lowest BCUT2D eigenvalue weighted by Gasteiger charge is -2.31. The zero-order valence-corrected chi connectivity index (χ0v) is 12.5. The summed E-state index contributed by atoms with van der Waals surface area (Å²) in [5, 5.41) is 0.800. The average molecular weight is 267 g/mol. The fraction of sp³-hybridized carbons (Fsp3) is 0.786. The van der Waals surface area contributed by atoms with Crippen molar-refractivity contribution in [3.05, 3.63) is 18.2 Å². The van der Waals surface area contributed by atoms with Gasteiger partial charge in [-0.05, 0) is 31.4 Å². The third-order valence-corrected chi connectivity index (χ3v) is 5.18. The number of nitrogens with zero attached hydrogens (tertiary/aromatic N) is 2. The summed E-state index contributed by atoms with van der Waals surface area (Å²) in [5.41, 5.74) is 7.50. The van der Waals surface area contributed by atoms with Crippen LogP contribution in [0.5, 0.6) is 0 Å². The Bertz CT molecular complexity index is 375. The highest BCUT2D eigenvalue weighted by Crippen LogP contribution is 2.35. The van der Waals surface area contributed by atoms with Gasteiger partial charge in [0.25, 0.3) is 0 Å². The summed E-state index contributed by atoms with van der Waals surface area (Å²) in [7, 11) is 0. The molecule has 0 radical (unpaired) electrons. The average Bonchev–Trinajstić information content (AvgIpc) is 2.86. The topological polar surface area (TPSA) is 43.8 Å². The Labute approximate surface area is 115 Å². The van der Waals surface area contributed by atoms with Crippen LogP contribution in [-0.2, 0) is 0 Å². The normalized spacial score (nSPS) is 26.5. The van der Waals surface area contributed by atoms with E-state index in [0.29, 0.717) is 12.0 Å². The van der Waals surface area contributed by atoms with Crippen molar-refractivity contribution in [3.8, 4) is 0 Å². The Morgan fingerprint density at radius 1 is 1.44 bits per heavy atom. The maximum atomic E-state index is 6.29. The molecule has 0 saturated heterocycles. The molecule has 1 aromatic rings. The van der Waals surface area contributed by atoms with Gasteiger partial charge in [0.05, 0.1) is 12.0 Å². The highest BCUT2D eigenvalue weighted by molar-refractivity contribution is 7.99. The Morgan fingerprint density at radius 2 is 2.22 bits per heavy atom. The molecule has 102 valence electrons. The first-order valence-electron chi connectivity index (χ1n) is 6.93. The minimum atomic E-state index is 0.0992. The zero-order chi connectivity index (χ0) is 13.1. The molecule has 0 bridgehead atoms. The molecule has 0 spiro atoms. The number of nitrogens with two attached hydrogens (primary N) is 1. The maximum absolute atomic E-state index is 6.29. The van der Waals surface area contributed by atoms with E-state index in [1.54, 1.807) is 0 Å². The molecule has 1 aliphatic rings. The van der Waals surface area contributed by atoms with Crippen molar-refractivity contribution in [2.75, 3.05) is 6.26 Å². The smallest absolute Gasteiger partial charge is 0.0951 e. The molecule has 0 aliphatic heterocycles. The first kappa shape index (κ1) is 13.9. The van der Waals surface area contributed by atoms with E-state index < -0.39 is 0 Å². The van der Waals surface area contributed by atoms with E-state index in [1.165, 1.54) is 31.4 Å². The lowest BCUT2D eigenvalue weighted by molar-refractivity contribution is 0.341. The maximum Gasteiger partial charge on any atom is 0.0951 e. The van der Waals surface area contributed by atoms with Gasteiger partial charge >= 0.3 is 0 Å². The monoisotopic (exact) mass is 267 g/mol. The molecule has 4 heteroatoms. The van der Waals surface area contributed by atoms with Crippen molar-refractivity contribution in [3.63, 3.8) is 0 Å². The molecule has 3 nitrogen and oxygen atoms in total. The first-order valence-corrected chi connectivity index (χ1v) is 8.22. The first-order chi connectivity index (χ1) is 8.63. The summed E-state index contributed by atoms with van der Waals surface area (Å²) in [6, 6.07) is 0.695. The second-order valence-electron chi connectivity index (χ2n) is 5.67. The largest absolute Gasteiger partial charge is 0.330 e. The lowest BCUT2D eigenvalue weighted by Crippen LogP contribution is -2.26. The van der Waals surface area contributed by atoms with E-state index in [9.17, 15) is 0 Å². The van der Waals surface area contributed by atoms with E-state index in [-0.39, 0.29) is 6.04 Å². The molecule has 1 aromatic heterocycles. The van der Waals surface area contributed by atoms with Crippen LogP contribution in [0, 0.1) is 5.92 Å². The molecular weight excluding hydrogens is 242 g/mol.